The fourth-order valence-corrected chi connectivity index (χ4v) is 7.43. The summed E-state index contributed by atoms with van der Waals surface area (Å²) in [6, 6.07) is 0. The summed E-state index contributed by atoms with van der Waals surface area (Å²) in [4.78, 5) is 37.6. The molecule has 56 heavy (non-hydrogen) atoms. The van der Waals surface area contributed by atoms with Crippen LogP contribution in [0.3, 0.4) is 0 Å². The molecule has 1 unspecified atom stereocenters. The quantitative estimate of drug-likeness (QED) is 0.0347. The Balaban J connectivity index is 4.14. The van der Waals surface area contributed by atoms with Gasteiger partial charge in [0.15, 0.2) is 6.10 Å². The molecule has 0 aliphatic heterocycles. The van der Waals surface area contributed by atoms with Gasteiger partial charge < -0.3 is 14.2 Å². The predicted octanol–water partition coefficient (Wildman–Crippen LogP) is 15.8. The number of esters is 3. The third kappa shape index (κ3) is 42.0. The molecular formula is C50H96O6. The molecule has 0 bridgehead atoms. The minimum absolute atomic E-state index is 0.0657. The summed E-state index contributed by atoms with van der Waals surface area (Å²) < 4.78 is 16.7. The van der Waals surface area contributed by atoms with E-state index in [-0.39, 0.29) is 31.1 Å². The first-order valence-electron chi connectivity index (χ1n) is 24.8. The zero-order valence-electron chi connectivity index (χ0n) is 38.3. The maximum absolute atomic E-state index is 12.7. The van der Waals surface area contributed by atoms with Crippen molar-refractivity contribution < 1.29 is 28.6 Å². The minimum Gasteiger partial charge on any atom is -0.462 e. The molecule has 0 saturated carbocycles. The Bertz CT molecular complexity index is 856. The minimum atomic E-state index is -0.760. The van der Waals surface area contributed by atoms with Crippen LogP contribution in [0.4, 0.5) is 0 Å². The van der Waals surface area contributed by atoms with Gasteiger partial charge in [0.05, 0.1) is 0 Å². The molecule has 0 aliphatic carbocycles. The van der Waals surface area contributed by atoms with Gasteiger partial charge >= 0.3 is 17.9 Å². The van der Waals surface area contributed by atoms with Crippen molar-refractivity contribution in [3.05, 3.63) is 0 Å². The van der Waals surface area contributed by atoms with E-state index >= 15 is 0 Å². The van der Waals surface area contributed by atoms with Crippen LogP contribution in [0.2, 0.25) is 0 Å². The number of carbonyl (C=O) groups is 3. The molecule has 0 aromatic rings. The van der Waals surface area contributed by atoms with Crippen molar-refractivity contribution in [2.24, 2.45) is 11.8 Å². The highest BCUT2D eigenvalue weighted by Gasteiger charge is 2.19. The van der Waals surface area contributed by atoms with Crippen molar-refractivity contribution in [3.63, 3.8) is 0 Å². The van der Waals surface area contributed by atoms with E-state index in [4.69, 9.17) is 14.2 Å². The number of ether oxygens (including phenoxy) is 3. The van der Waals surface area contributed by atoms with Gasteiger partial charge in [-0.1, -0.05) is 234 Å². The normalized spacial score (nSPS) is 12.5. The third-order valence-electron chi connectivity index (χ3n) is 11.6. The van der Waals surface area contributed by atoms with Crippen LogP contribution in [0.5, 0.6) is 0 Å². The Morgan fingerprint density at radius 1 is 0.375 bits per heavy atom. The van der Waals surface area contributed by atoms with Crippen molar-refractivity contribution in [3.8, 4) is 0 Å². The van der Waals surface area contributed by atoms with Crippen LogP contribution < -0.4 is 0 Å². The summed E-state index contributed by atoms with van der Waals surface area (Å²) in [5, 5.41) is 0. The molecule has 0 aliphatic rings. The number of unbranched alkanes of at least 4 members (excludes halogenated alkanes) is 28. The van der Waals surface area contributed by atoms with Gasteiger partial charge in [-0.15, -0.1) is 0 Å². The molecule has 6 nitrogen and oxygen atoms in total. The molecule has 0 spiro atoms. The number of hydrogen-bond donors (Lipinski definition) is 0. The van der Waals surface area contributed by atoms with Crippen molar-refractivity contribution in [1.82, 2.24) is 0 Å². The van der Waals surface area contributed by atoms with Crippen molar-refractivity contribution in [2.75, 3.05) is 13.2 Å². The summed E-state index contributed by atoms with van der Waals surface area (Å²) in [5.74, 6) is 0.811. The standard InChI is InChI=1S/C50H96O6/c1-6-8-9-10-23-30-35-40-48(51)54-43-47(44-55-49(52)41-36-31-27-26-29-34-39-46(5)7-2)56-50(53)42-37-32-25-22-20-18-16-14-12-11-13-15-17-19-21-24-28-33-38-45(3)4/h45-47H,6-44H2,1-5H3/t46?,47-/m1/s1. The fourth-order valence-electron chi connectivity index (χ4n) is 7.43. The largest absolute Gasteiger partial charge is 0.462 e. The van der Waals surface area contributed by atoms with Gasteiger partial charge in [0.2, 0.25) is 0 Å². The molecule has 2 atom stereocenters. The van der Waals surface area contributed by atoms with Gasteiger partial charge in [0.25, 0.3) is 0 Å². The van der Waals surface area contributed by atoms with Crippen LogP contribution in [0.15, 0.2) is 0 Å². The van der Waals surface area contributed by atoms with Crippen LogP contribution >= 0.6 is 0 Å². The second kappa shape index (κ2) is 43.0. The summed E-state index contributed by atoms with van der Waals surface area (Å²) >= 11 is 0. The van der Waals surface area contributed by atoms with Crippen LogP contribution in [0.1, 0.15) is 272 Å². The van der Waals surface area contributed by atoms with Gasteiger partial charge in [-0.25, -0.2) is 0 Å². The third-order valence-corrected chi connectivity index (χ3v) is 11.6. The van der Waals surface area contributed by atoms with E-state index in [9.17, 15) is 14.4 Å². The van der Waals surface area contributed by atoms with Crippen molar-refractivity contribution in [2.45, 2.75) is 278 Å². The number of rotatable bonds is 44. The van der Waals surface area contributed by atoms with Crippen LogP contribution in [-0.4, -0.2) is 37.2 Å². The molecule has 0 saturated heterocycles. The smallest absolute Gasteiger partial charge is 0.306 e. The Morgan fingerprint density at radius 2 is 0.679 bits per heavy atom. The molecule has 0 fully saturated rings. The molecule has 0 rings (SSSR count). The molecule has 6 heteroatoms. The zero-order chi connectivity index (χ0) is 41.2. The molecule has 332 valence electrons. The topological polar surface area (TPSA) is 78.9 Å². The lowest BCUT2D eigenvalue weighted by Crippen LogP contribution is -2.30. The maximum atomic E-state index is 12.7. The molecule has 0 N–H and O–H groups in total. The second-order valence-corrected chi connectivity index (χ2v) is 17.8. The Morgan fingerprint density at radius 3 is 1.02 bits per heavy atom. The van der Waals surface area contributed by atoms with Crippen LogP contribution in [0, 0.1) is 11.8 Å². The maximum Gasteiger partial charge on any atom is 0.306 e. The van der Waals surface area contributed by atoms with Gasteiger partial charge in [-0.3, -0.25) is 14.4 Å². The first-order valence-corrected chi connectivity index (χ1v) is 24.8. The highest BCUT2D eigenvalue weighted by Crippen LogP contribution is 2.17. The fraction of sp³-hybridized carbons (Fsp3) is 0.940. The molecule has 0 aromatic carbocycles. The van der Waals surface area contributed by atoms with E-state index in [0.717, 1.165) is 69.6 Å². The Kier molecular flexibility index (Phi) is 41.8. The Labute approximate surface area is 348 Å². The molecule has 0 radical (unpaired) electrons. The highest BCUT2D eigenvalue weighted by atomic mass is 16.6. The SMILES string of the molecule is CCCCCCCCCC(=O)OC[C@H](COC(=O)CCCCCCCCC(C)CC)OC(=O)CCCCCCCCCCCCCCCCCCCCC(C)C. The first-order chi connectivity index (χ1) is 27.3. The van der Waals surface area contributed by atoms with Crippen LogP contribution in [-0.2, 0) is 28.6 Å². The predicted molar refractivity (Wildman–Crippen MR) is 238 cm³/mol. The van der Waals surface area contributed by atoms with Gasteiger partial charge in [0, 0.05) is 19.3 Å². The second-order valence-electron chi connectivity index (χ2n) is 17.8. The van der Waals surface area contributed by atoms with E-state index in [0.29, 0.717) is 19.3 Å². The van der Waals surface area contributed by atoms with Crippen LogP contribution in [0.25, 0.3) is 0 Å². The average molecular weight is 793 g/mol. The Hall–Kier alpha value is -1.59. The zero-order valence-corrected chi connectivity index (χ0v) is 38.3. The van der Waals surface area contributed by atoms with E-state index in [1.54, 1.807) is 0 Å². The lowest BCUT2D eigenvalue weighted by atomic mass is 10.00. The van der Waals surface area contributed by atoms with E-state index in [1.165, 1.54) is 161 Å². The number of carbonyl (C=O) groups excluding carboxylic acids is 3. The van der Waals surface area contributed by atoms with Gasteiger partial charge in [-0.05, 0) is 31.1 Å². The van der Waals surface area contributed by atoms with Gasteiger partial charge in [-0.2, -0.15) is 0 Å². The molecule has 0 heterocycles. The molecule has 0 amide bonds. The summed E-state index contributed by atoms with van der Waals surface area (Å²) in [5.41, 5.74) is 0. The molecular weight excluding hydrogens is 697 g/mol. The average Bonchev–Trinajstić information content (AvgIpc) is 3.18. The van der Waals surface area contributed by atoms with E-state index in [1.807, 2.05) is 0 Å². The highest BCUT2D eigenvalue weighted by molar-refractivity contribution is 5.71. The first kappa shape index (κ1) is 54.4. The molecule has 0 aromatic heterocycles. The number of hydrogen-bond acceptors (Lipinski definition) is 6. The lowest BCUT2D eigenvalue weighted by Gasteiger charge is -2.18. The summed E-state index contributed by atoms with van der Waals surface area (Å²) in [6.07, 6.45) is 42.5. The van der Waals surface area contributed by atoms with E-state index < -0.39 is 6.10 Å². The summed E-state index contributed by atoms with van der Waals surface area (Å²) in [6.45, 7) is 11.3. The van der Waals surface area contributed by atoms with Gasteiger partial charge in [0.1, 0.15) is 13.2 Å². The van der Waals surface area contributed by atoms with Crippen molar-refractivity contribution >= 4 is 17.9 Å². The lowest BCUT2D eigenvalue weighted by molar-refractivity contribution is -0.167. The van der Waals surface area contributed by atoms with E-state index in [2.05, 4.69) is 34.6 Å². The monoisotopic (exact) mass is 793 g/mol. The summed E-state index contributed by atoms with van der Waals surface area (Å²) in [7, 11) is 0. The van der Waals surface area contributed by atoms with Crippen molar-refractivity contribution in [1.29, 1.82) is 0 Å².